The van der Waals surface area contributed by atoms with Gasteiger partial charge in [0.2, 0.25) is 0 Å². The summed E-state index contributed by atoms with van der Waals surface area (Å²) in [6.07, 6.45) is -4.38. The van der Waals surface area contributed by atoms with Gasteiger partial charge in [0.25, 0.3) is 5.91 Å². The number of halogens is 3. The summed E-state index contributed by atoms with van der Waals surface area (Å²) in [5, 5.41) is 8.84. The summed E-state index contributed by atoms with van der Waals surface area (Å²) in [4.78, 5) is 16.4. The number of carbonyl (C=O) groups is 1. The Kier molecular flexibility index (Phi) is 8.52. The van der Waals surface area contributed by atoms with Crippen LogP contribution in [0.1, 0.15) is 28.4 Å². The van der Waals surface area contributed by atoms with E-state index in [0.717, 1.165) is 12.1 Å². The minimum Gasteiger partial charge on any atom is -0.497 e. The van der Waals surface area contributed by atoms with Crippen LogP contribution >= 0.6 is 0 Å². The van der Waals surface area contributed by atoms with Crippen molar-refractivity contribution in [3.8, 4) is 5.75 Å². The van der Waals surface area contributed by atoms with Gasteiger partial charge >= 0.3 is 6.18 Å². The van der Waals surface area contributed by atoms with Crippen molar-refractivity contribution >= 4 is 11.9 Å². The number of methoxy groups -OCH3 is 1. The zero-order valence-corrected chi connectivity index (χ0v) is 16.8. The van der Waals surface area contributed by atoms with Gasteiger partial charge in [0.15, 0.2) is 5.96 Å². The summed E-state index contributed by atoms with van der Waals surface area (Å²) in [7, 11) is 1.55. The number of nitrogens with zero attached hydrogens (tertiary/aromatic N) is 1. The fraction of sp³-hybridized carbons (Fsp3) is 0.333. The lowest BCUT2D eigenvalue weighted by molar-refractivity contribution is -0.137. The molecule has 2 rings (SSSR count). The third-order valence-corrected chi connectivity index (χ3v) is 4.07. The SMILES string of the molecule is CCNC(=NCc1cccc(C(F)(F)F)c1)NCCNC(=O)c1ccc(OC)cc1. The number of ether oxygens (including phenoxy) is 1. The van der Waals surface area contributed by atoms with Gasteiger partial charge in [0.05, 0.1) is 19.2 Å². The Morgan fingerprint density at radius 3 is 2.37 bits per heavy atom. The van der Waals surface area contributed by atoms with Gasteiger partial charge in [-0.2, -0.15) is 13.2 Å². The van der Waals surface area contributed by atoms with Crippen LogP contribution in [-0.2, 0) is 12.7 Å². The van der Waals surface area contributed by atoms with Gasteiger partial charge in [-0.3, -0.25) is 4.79 Å². The second-order valence-electron chi connectivity index (χ2n) is 6.30. The second kappa shape index (κ2) is 11.1. The highest BCUT2D eigenvalue weighted by atomic mass is 19.4. The van der Waals surface area contributed by atoms with E-state index in [0.29, 0.717) is 42.5 Å². The molecule has 3 N–H and O–H groups in total. The minimum absolute atomic E-state index is 0.0947. The summed E-state index contributed by atoms with van der Waals surface area (Å²) < 4.78 is 43.5. The van der Waals surface area contributed by atoms with E-state index in [1.54, 1.807) is 37.4 Å². The van der Waals surface area contributed by atoms with Crippen molar-refractivity contribution in [2.45, 2.75) is 19.6 Å². The van der Waals surface area contributed by atoms with Crippen LogP contribution in [0.25, 0.3) is 0 Å². The summed E-state index contributed by atoms with van der Waals surface area (Å²) in [5.41, 5.74) is 0.269. The third-order valence-electron chi connectivity index (χ3n) is 4.07. The molecule has 0 aromatic heterocycles. The van der Waals surface area contributed by atoms with Gasteiger partial charge in [0.1, 0.15) is 5.75 Å². The second-order valence-corrected chi connectivity index (χ2v) is 6.30. The predicted molar refractivity (Wildman–Crippen MR) is 110 cm³/mol. The largest absolute Gasteiger partial charge is 0.497 e. The van der Waals surface area contributed by atoms with E-state index in [1.807, 2.05) is 6.92 Å². The Labute approximate surface area is 173 Å². The highest BCUT2D eigenvalue weighted by molar-refractivity contribution is 5.94. The van der Waals surface area contributed by atoms with Crippen molar-refractivity contribution < 1.29 is 22.7 Å². The van der Waals surface area contributed by atoms with E-state index in [2.05, 4.69) is 20.9 Å². The average Bonchev–Trinajstić information content (AvgIpc) is 2.74. The standard InChI is InChI=1S/C21H25F3N4O2/c1-3-25-20(28-14-15-5-4-6-17(13-15)21(22,23)24)27-12-11-26-19(29)16-7-9-18(30-2)10-8-16/h4-10,13H,3,11-12,14H2,1-2H3,(H,26,29)(H2,25,27,28). The molecule has 2 aromatic carbocycles. The number of nitrogens with one attached hydrogen (secondary N) is 3. The van der Waals surface area contributed by atoms with Gasteiger partial charge in [-0.05, 0) is 48.9 Å². The Bertz CT molecular complexity index is 852. The van der Waals surface area contributed by atoms with Crippen molar-refractivity contribution in [1.82, 2.24) is 16.0 Å². The van der Waals surface area contributed by atoms with Gasteiger partial charge in [-0.15, -0.1) is 0 Å². The number of benzene rings is 2. The summed E-state index contributed by atoms with van der Waals surface area (Å²) in [6, 6.07) is 11.8. The lowest BCUT2D eigenvalue weighted by Gasteiger charge is -2.12. The molecule has 0 radical (unpaired) electrons. The molecule has 0 unspecified atom stereocenters. The van der Waals surface area contributed by atoms with Crippen LogP contribution in [-0.4, -0.2) is 38.6 Å². The van der Waals surface area contributed by atoms with Crippen LogP contribution < -0.4 is 20.7 Å². The van der Waals surface area contributed by atoms with Gasteiger partial charge in [-0.1, -0.05) is 12.1 Å². The Balaban J connectivity index is 1.85. The lowest BCUT2D eigenvalue weighted by Crippen LogP contribution is -2.41. The molecule has 1 amide bonds. The molecule has 2 aromatic rings. The first-order chi connectivity index (χ1) is 14.3. The highest BCUT2D eigenvalue weighted by Gasteiger charge is 2.30. The van der Waals surface area contributed by atoms with E-state index in [-0.39, 0.29) is 12.5 Å². The van der Waals surface area contributed by atoms with Crippen LogP contribution in [0.15, 0.2) is 53.5 Å². The molecule has 0 saturated heterocycles. The van der Waals surface area contributed by atoms with Crippen molar-refractivity contribution in [1.29, 1.82) is 0 Å². The smallest absolute Gasteiger partial charge is 0.416 e. The molecule has 9 heteroatoms. The van der Waals surface area contributed by atoms with E-state index in [9.17, 15) is 18.0 Å². The number of hydrogen-bond acceptors (Lipinski definition) is 3. The predicted octanol–water partition coefficient (Wildman–Crippen LogP) is 3.20. The molecule has 0 spiro atoms. The first-order valence-corrected chi connectivity index (χ1v) is 9.44. The molecule has 0 aliphatic rings. The number of amides is 1. The van der Waals surface area contributed by atoms with Gasteiger partial charge < -0.3 is 20.7 Å². The summed E-state index contributed by atoms with van der Waals surface area (Å²) >= 11 is 0. The maximum atomic E-state index is 12.8. The molecule has 0 bridgehead atoms. The topological polar surface area (TPSA) is 74.8 Å². The van der Waals surface area contributed by atoms with E-state index >= 15 is 0 Å². The van der Waals surface area contributed by atoms with E-state index < -0.39 is 11.7 Å². The molecular weight excluding hydrogens is 397 g/mol. The van der Waals surface area contributed by atoms with Crippen molar-refractivity contribution in [3.05, 3.63) is 65.2 Å². The van der Waals surface area contributed by atoms with Crippen LogP contribution in [0.3, 0.4) is 0 Å². The monoisotopic (exact) mass is 422 g/mol. The molecule has 6 nitrogen and oxygen atoms in total. The van der Waals surface area contributed by atoms with Crippen molar-refractivity contribution in [2.24, 2.45) is 4.99 Å². The number of aliphatic imine (C=N–C) groups is 1. The van der Waals surface area contributed by atoms with Gasteiger partial charge in [0, 0.05) is 25.2 Å². The number of rotatable bonds is 8. The molecule has 30 heavy (non-hydrogen) atoms. The Hall–Kier alpha value is -3.23. The van der Waals surface area contributed by atoms with Crippen molar-refractivity contribution in [3.63, 3.8) is 0 Å². The lowest BCUT2D eigenvalue weighted by atomic mass is 10.1. The zero-order valence-electron chi connectivity index (χ0n) is 16.8. The first-order valence-electron chi connectivity index (χ1n) is 9.44. The summed E-state index contributed by atoms with van der Waals surface area (Å²) in [6.45, 7) is 3.31. The molecule has 0 aliphatic carbocycles. The fourth-order valence-corrected chi connectivity index (χ4v) is 2.56. The number of alkyl halides is 3. The van der Waals surface area contributed by atoms with Gasteiger partial charge in [-0.25, -0.2) is 4.99 Å². The Morgan fingerprint density at radius 2 is 1.73 bits per heavy atom. The molecular formula is C21H25F3N4O2. The number of carbonyl (C=O) groups excluding carboxylic acids is 1. The minimum atomic E-state index is -4.38. The first kappa shape index (κ1) is 23.1. The van der Waals surface area contributed by atoms with Crippen LogP contribution in [0, 0.1) is 0 Å². The maximum Gasteiger partial charge on any atom is 0.416 e. The van der Waals surface area contributed by atoms with Crippen molar-refractivity contribution in [2.75, 3.05) is 26.7 Å². The van der Waals surface area contributed by atoms with Crippen LogP contribution in [0.2, 0.25) is 0 Å². The third kappa shape index (κ3) is 7.31. The van der Waals surface area contributed by atoms with Crippen LogP contribution in [0.5, 0.6) is 5.75 Å². The summed E-state index contributed by atoms with van der Waals surface area (Å²) in [5.74, 6) is 0.902. The number of hydrogen-bond donors (Lipinski definition) is 3. The van der Waals surface area contributed by atoms with E-state index in [1.165, 1.54) is 6.07 Å². The fourth-order valence-electron chi connectivity index (χ4n) is 2.56. The van der Waals surface area contributed by atoms with E-state index in [4.69, 9.17) is 4.74 Å². The number of guanidine groups is 1. The normalized spacial score (nSPS) is 11.7. The molecule has 0 fully saturated rings. The van der Waals surface area contributed by atoms with Crippen LogP contribution in [0.4, 0.5) is 13.2 Å². The molecule has 0 aliphatic heterocycles. The molecule has 0 saturated carbocycles. The highest BCUT2D eigenvalue weighted by Crippen LogP contribution is 2.29. The molecule has 162 valence electrons. The zero-order chi connectivity index (χ0) is 22.0. The average molecular weight is 422 g/mol. The quantitative estimate of drug-likeness (QED) is 0.347. The maximum absolute atomic E-state index is 12.8. The molecule has 0 heterocycles. The Morgan fingerprint density at radius 1 is 1.03 bits per heavy atom. The molecule has 0 atom stereocenters.